The van der Waals surface area contributed by atoms with Gasteiger partial charge in [-0.3, -0.25) is 4.79 Å². The monoisotopic (exact) mass is 232 g/mol. The number of nitrogens with one attached hydrogen (secondary N) is 2. The van der Waals surface area contributed by atoms with Crippen LogP contribution in [-0.2, 0) is 4.79 Å². The van der Waals surface area contributed by atoms with Gasteiger partial charge in [0.05, 0.1) is 5.54 Å². The highest BCUT2D eigenvalue weighted by Gasteiger charge is 2.37. The molecule has 0 aromatic heterocycles. The van der Waals surface area contributed by atoms with Gasteiger partial charge in [0.1, 0.15) is 0 Å². The van der Waals surface area contributed by atoms with Gasteiger partial charge in [-0.25, -0.2) is 0 Å². The molecule has 17 heavy (non-hydrogen) atoms. The van der Waals surface area contributed by atoms with Crippen molar-refractivity contribution in [3.63, 3.8) is 0 Å². The lowest BCUT2D eigenvalue weighted by molar-refractivity contribution is -0.123. The van der Waals surface area contributed by atoms with Crippen LogP contribution in [0.1, 0.15) is 26.2 Å². The van der Waals surface area contributed by atoms with Crippen LogP contribution in [0.3, 0.4) is 0 Å². The molecule has 92 valence electrons. The van der Waals surface area contributed by atoms with E-state index in [0.29, 0.717) is 12.2 Å². The van der Waals surface area contributed by atoms with E-state index < -0.39 is 0 Å². The maximum Gasteiger partial charge on any atom is 0.157 e. The van der Waals surface area contributed by atoms with Gasteiger partial charge in [0.2, 0.25) is 0 Å². The zero-order valence-electron chi connectivity index (χ0n) is 10.3. The molecule has 2 N–H and O–H groups in total. The quantitative estimate of drug-likeness (QED) is 0.836. The molecule has 0 saturated carbocycles. The summed E-state index contributed by atoms with van der Waals surface area (Å²) in [7, 11) is 0. The van der Waals surface area contributed by atoms with Crippen molar-refractivity contribution in [2.24, 2.45) is 0 Å². The minimum atomic E-state index is -0.360. The number of carbonyl (C=O) groups is 1. The van der Waals surface area contributed by atoms with Crippen molar-refractivity contribution in [1.29, 1.82) is 0 Å². The first kappa shape index (κ1) is 12.1. The fourth-order valence-corrected chi connectivity index (χ4v) is 2.46. The van der Waals surface area contributed by atoms with Crippen molar-refractivity contribution in [3.05, 3.63) is 30.3 Å². The maximum absolute atomic E-state index is 12.2. The summed E-state index contributed by atoms with van der Waals surface area (Å²) in [5.74, 6) is 0.322. The molecular weight excluding hydrogens is 212 g/mol. The minimum Gasteiger partial charge on any atom is -0.373 e. The van der Waals surface area contributed by atoms with E-state index in [1.54, 1.807) is 0 Å². The zero-order valence-corrected chi connectivity index (χ0v) is 10.3. The van der Waals surface area contributed by atoms with E-state index in [1.165, 1.54) is 0 Å². The number of piperidine rings is 1. The van der Waals surface area contributed by atoms with Crippen molar-refractivity contribution in [3.8, 4) is 0 Å². The maximum atomic E-state index is 12.2. The third-order valence-electron chi connectivity index (χ3n) is 3.47. The Labute approximate surface area is 103 Å². The molecule has 1 aromatic rings. The predicted molar refractivity (Wildman–Crippen MR) is 70.2 cm³/mol. The van der Waals surface area contributed by atoms with Crippen molar-refractivity contribution < 1.29 is 4.79 Å². The van der Waals surface area contributed by atoms with Crippen LogP contribution in [-0.4, -0.2) is 24.4 Å². The first-order chi connectivity index (χ1) is 8.27. The molecule has 0 bridgehead atoms. The number of benzene rings is 1. The van der Waals surface area contributed by atoms with Crippen LogP contribution in [0, 0.1) is 0 Å². The summed E-state index contributed by atoms with van der Waals surface area (Å²) >= 11 is 0. The highest BCUT2D eigenvalue weighted by Crippen LogP contribution is 2.26. The second kappa shape index (κ2) is 5.32. The molecule has 1 fully saturated rings. The van der Waals surface area contributed by atoms with Gasteiger partial charge in [-0.15, -0.1) is 0 Å². The fourth-order valence-electron chi connectivity index (χ4n) is 2.46. The van der Waals surface area contributed by atoms with Gasteiger partial charge in [0.25, 0.3) is 0 Å². The lowest BCUT2D eigenvalue weighted by Gasteiger charge is -2.37. The van der Waals surface area contributed by atoms with Crippen LogP contribution in [0.4, 0.5) is 5.69 Å². The lowest BCUT2D eigenvalue weighted by atomic mass is 9.82. The molecule has 3 heteroatoms. The molecule has 0 amide bonds. The van der Waals surface area contributed by atoms with Gasteiger partial charge in [-0.1, -0.05) is 25.1 Å². The number of hydrogen-bond donors (Lipinski definition) is 2. The molecule has 2 rings (SSSR count). The molecule has 1 aliphatic rings. The molecule has 0 atom stereocenters. The molecule has 1 aliphatic heterocycles. The summed E-state index contributed by atoms with van der Waals surface area (Å²) in [5, 5.41) is 6.77. The molecule has 1 heterocycles. The van der Waals surface area contributed by atoms with Crippen molar-refractivity contribution in [2.75, 3.05) is 18.4 Å². The SMILES string of the molecule is CCC(=O)C1(Nc2ccccc2)CCNCC1. The molecule has 0 aliphatic carbocycles. The first-order valence-electron chi connectivity index (χ1n) is 6.34. The molecule has 1 aromatic carbocycles. The Morgan fingerprint density at radius 1 is 1.29 bits per heavy atom. The van der Waals surface area contributed by atoms with Crippen LogP contribution in [0.15, 0.2) is 30.3 Å². The zero-order chi connectivity index (χ0) is 12.1. The van der Waals surface area contributed by atoms with E-state index in [2.05, 4.69) is 10.6 Å². The first-order valence-corrected chi connectivity index (χ1v) is 6.34. The van der Waals surface area contributed by atoms with Gasteiger partial charge in [-0.05, 0) is 38.1 Å². The van der Waals surface area contributed by atoms with Gasteiger partial charge >= 0.3 is 0 Å². The molecular formula is C14H20N2O. The number of para-hydroxylation sites is 1. The second-order valence-electron chi connectivity index (χ2n) is 4.60. The summed E-state index contributed by atoms with van der Waals surface area (Å²) in [4.78, 5) is 12.2. The average molecular weight is 232 g/mol. The van der Waals surface area contributed by atoms with Gasteiger partial charge in [0, 0.05) is 12.1 Å². The normalized spacial score (nSPS) is 18.6. The number of ketones is 1. The molecule has 3 nitrogen and oxygen atoms in total. The van der Waals surface area contributed by atoms with Crippen molar-refractivity contribution in [1.82, 2.24) is 5.32 Å². The van der Waals surface area contributed by atoms with Gasteiger partial charge in [0.15, 0.2) is 5.78 Å². The summed E-state index contributed by atoms with van der Waals surface area (Å²) in [5.41, 5.74) is 0.678. The van der Waals surface area contributed by atoms with Crippen LogP contribution >= 0.6 is 0 Å². The van der Waals surface area contributed by atoms with Crippen LogP contribution in [0.25, 0.3) is 0 Å². The highest BCUT2D eigenvalue weighted by molar-refractivity contribution is 5.91. The lowest BCUT2D eigenvalue weighted by Crippen LogP contribution is -2.53. The molecule has 0 radical (unpaired) electrons. The van der Waals surface area contributed by atoms with E-state index in [-0.39, 0.29) is 5.54 Å². The van der Waals surface area contributed by atoms with E-state index in [0.717, 1.165) is 31.6 Å². The molecule has 1 saturated heterocycles. The third kappa shape index (κ3) is 2.67. The smallest absolute Gasteiger partial charge is 0.157 e. The Morgan fingerprint density at radius 2 is 1.94 bits per heavy atom. The summed E-state index contributed by atoms with van der Waals surface area (Å²) in [6, 6.07) is 10.0. The topological polar surface area (TPSA) is 41.1 Å². The number of anilines is 1. The van der Waals surface area contributed by atoms with Crippen molar-refractivity contribution in [2.45, 2.75) is 31.7 Å². The Bertz CT molecular complexity index is 369. The molecule has 0 unspecified atom stereocenters. The average Bonchev–Trinajstić information content (AvgIpc) is 2.40. The van der Waals surface area contributed by atoms with Crippen LogP contribution in [0.5, 0.6) is 0 Å². The third-order valence-corrected chi connectivity index (χ3v) is 3.47. The minimum absolute atomic E-state index is 0.322. The van der Waals surface area contributed by atoms with Crippen LogP contribution < -0.4 is 10.6 Å². The summed E-state index contributed by atoms with van der Waals surface area (Å²) in [6.45, 7) is 3.76. The second-order valence-corrected chi connectivity index (χ2v) is 4.60. The largest absolute Gasteiger partial charge is 0.373 e. The number of hydrogen-bond acceptors (Lipinski definition) is 3. The van der Waals surface area contributed by atoms with Gasteiger partial charge in [-0.2, -0.15) is 0 Å². The van der Waals surface area contributed by atoms with E-state index in [1.807, 2.05) is 37.3 Å². The Kier molecular flexibility index (Phi) is 3.79. The van der Waals surface area contributed by atoms with E-state index in [9.17, 15) is 4.79 Å². The van der Waals surface area contributed by atoms with E-state index in [4.69, 9.17) is 0 Å². The predicted octanol–water partition coefficient (Wildman–Crippen LogP) is 2.20. The number of carbonyl (C=O) groups excluding carboxylic acids is 1. The standard InChI is InChI=1S/C14H20N2O/c1-2-13(17)14(8-10-15-11-9-14)16-12-6-4-3-5-7-12/h3-7,15-16H,2,8-11H2,1H3. The number of Topliss-reactive ketones (excluding diaryl/α,β-unsaturated/α-hetero) is 1. The van der Waals surface area contributed by atoms with Gasteiger partial charge < -0.3 is 10.6 Å². The number of rotatable bonds is 4. The Morgan fingerprint density at radius 3 is 2.53 bits per heavy atom. The van der Waals surface area contributed by atoms with Crippen molar-refractivity contribution >= 4 is 11.5 Å². The Hall–Kier alpha value is -1.35. The summed E-state index contributed by atoms with van der Waals surface area (Å²) in [6.07, 6.45) is 2.34. The Balaban J connectivity index is 2.19. The fraction of sp³-hybridized carbons (Fsp3) is 0.500. The highest BCUT2D eigenvalue weighted by atomic mass is 16.1. The van der Waals surface area contributed by atoms with E-state index >= 15 is 0 Å². The summed E-state index contributed by atoms with van der Waals surface area (Å²) < 4.78 is 0. The van der Waals surface area contributed by atoms with Crippen LogP contribution in [0.2, 0.25) is 0 Å². The molecule has 0 spiro atoms.